The summed E-state index contributed by atoms with van der Waals surface area (Å²) in [5, 5.41) is 2.86. The van der Waals surface area contributed by atoms with Gasteiger partial charge in [-0.15, -0.1) is 11.8 Å². The predicted octanol–water partition coefficient (Wildman–Crippen LogP) is 5.64. The van der Waals surface area contributed by atoms with Crippen LogP contribution < -0.4 is 10.2 Å². The Bertz CT molecular complexity index is 1110. The molecule has 1 fully saturated rings. The first-order valence-electron chi connectivity index (χ1n) is 9.91. The van der Waals surface area contributed by atoms with Gasteiger partial charge in [-0.25, -0.2) is 0 Å². The van der Waals surface area contributed by atoms with Gasteiger partial charge in [0.1, 0.15) is 5.37 Å². The smallest absolute Gasteiger partial charge is 0.255 e. The van der Waals surface area contributed by atoms with Crippen LogP contribution in [0.4, 0.5) is 11.4 Å². The monoisotopic (exact) mass is 416 g/mol. The fourth-order valence-electron chi connectivity index (χ4n) is 3.50. The minimum atomic E-state index is -0.145. The van der Waals surface area contributed by atoms with E-state index in [1.54, 1.807) is 11.8 Å². The Labute approximate surface area is 181 Å². The molecule has 0 bridgehead atoms. The molecule has 1 N–H and O–H groups in total. The van der Waals surface area contributed by atoms with Crippen molar-refractivity contribution in [3.05, 3.63) is 94.5 Å². The van der Waals surface area contributed by atoms with Crippen LogP contribution in [0.25, 0.3) is 0 Å². The van der Waals surface area contributed by atoms with E-state index in [4.69, 9.17) is 0 Å². The van der Waals surface area contributed by atoms with Gasteiger partial charge < -0.3 is 5.32 Å². The molecule has 0 aromatic heterocycles. The van der Waals surface area contributed by atoms with Gasteiger partial charge in [0.2, 0.25) is 5.91 Å². The van der Waals surface area contributed by atoms with Crippen LogP contribution in [0.3, 0.4) is 0 Å². The number of nitrogens with zero attached hydrogens (tertiary/aromatic N) is 1. The predicted molar refractivity (Wildman–Crippen MR) is 124 cm³/mol. The molecule has 1 atom stereocenters. The van der Waals surface area contributed by atoms with Crippen molar-refractivity contribution >= 4 is 35.0 Å². The van der Waals surface area contributed by atoms with Gasteiger partial charge in [-0.3, -0.25) is 14.5 Å². The lowest BCUT2D eigenvalue weighted by Crippen LogP contribution is -2.28. The van der Waals surface area contributed by atoms with Crippen molar-refractivity contribution in [2.45, 2.75) is 26.1 Å². The molecule has 1 aliphatic heterocycles. The van der Waals surface area contributed by atoms with E-state index in [1.807, 2.05) is 66.4 Å². The van der Waals surface area contributed by atoms with Gasteiger partial charge in [-0.1, -0.05) is 35.9 Å². The van der Waals surface area contributed by atoms with Crippen LogP contribution in [0.2, 0.25) is 0 Å². The molecule has 3 aromatic carbocycles. The number of benzene rings is 3. The van der Waals surface area contributed by atoms with Crippen molar-refractivity contribution in [2.75, 3.05) is 16.0 Å². The zero-order valence-corrected chi connectivity index (χ0v) is 18.1. The summed E-state index contributed by atoms with van der Waals surface area (Å²) in [4.78, 5) is 27.1. The van der Waals surface area contributed by atoms with E-state index < -0.39 is 0 Å². The van der Waals surface area contributed by atoms with Crippen LogP contribution in [-0.2, 0) is 4.79 Å². The number of carbonyl (C=O) groups excluding carboxylic acids is 2. The van der Waals surface area contributed by atoms with Crippen LogP contribution in [0.1, 0.15) is 38.0 Å². The second kappa shape index (κ2) is 8.36. The third-order valence-corrected chi connectivity index (χ3v) is 6.59. The number of rotatable bonds is 4. The largest absolute Gasteiger partial charge is 0.322 e. The summed E-state index contributed by atoms with van der Waals surface area (Å²) < 4.78 is 0. The van der Waals surface area contributed by atoms with E-state index in [-0.39, 0.29) is 17.2 Å². The molecule has 1 unspecified atom stereocenters. The molecule has 4 nitrogen and oxygen atoms in total. The molecular weight excluding hydrogens is 392 g/mol. The number of carbonyl (C=O) groups is 2. The van der Waals surface area contributed by atoms with Crippen molar-refractivity contribution in [2.24, 2.45) is 0 Å². The maximum absolute atomic E-state index is 12.7. The summed E-state index contributed by atoms with van der Waals surface area (Å²) in [7, 11) is 0. The first kappa shape index (κ1) is 20.2. The second-order valence-corrected chi connectivity index (χ2v) is 8.71. The molecule has 0 spiro atoms. The highest BCUT2D eigenvalue weighted by atomic mass is 32.2. The van der Waals surface area contributed by atoms with E-state index in [2.05, 4.69) is 31.3 Å². The summed E-state index contributed by atoms with van der Waals surface area (Å²) in [6, 6.07) is 21.4. The van der Waals surface area contributed by atoms with Crippen molar-refractivity contribution in [3.63, 3.8) is 0 Å². The van der Waals surface area contributed by atoms with Crippen LogP contribution in [-0.4, -0.2) is 17.6 Å². The van der Waals surface area contributed by atoms with E-state index in [9.17, 15) is 9.59 Å². The number of hydrogen-bond donors (Lipinski definition) is 1. The first-order valence-corrected chi connectivity index (χ1v) is 11.0. The molecule has 4 rings (SSSR count). The van der Waals surface area contributed by atoms with Gasteiger partial charge in [0.25, 0.3) is 5.91 Å². The third-order valence-electron chi connectivity index (χ3n) is 5.38. The summed E-state index contributed by atoms with van der Waals surface area (Å²) in [5.74, 6) is 0.396. The van der Waals surface area contributed by atoms with Gasteiger partial charge in [0.15, 0.2) is 0 Å². The van der Waals surface area contributed by atoms with Crippen molar-refractivity contribution < 1.29 is 9.59 Å². The van der Waals surface area contributed by atoms with E-state index in [1.165, 1.54) is 5.56 Å². The Morgan fingerprint density at radius 1 is 0.967 bits per heavy atom. The Hall–Kier alpha value is -3.05. The fraction of sp³-hybridized carbons (Fsp3) is 0.200. The molecule has 1 heterocycles. The molecule has 3 aromatic rings. The summed E-state index contributed by atoms with van der Waals surface area (Å²) >= 11 is 1.61. The first-order chi connectivity index (χ1) is 14.4. The summed E-state index contributed by atoms with van der Waals surface area (Å²) in [6.45, 7) is 6.12. The van der Waals surface area contributed by atoms with Crippen LogP contribution in [0, 0.1) is 20.8 Å². The second-order valence-electron chi connectivity index (χ2n) is 7.64. The lowest BCUT2D eigenvalue weighted by atomic mass is 10.1. The normalized spacial score (nSPS) is 16.0. The Morgan fingerprint density at radius 3 is 2.47 bits per heavy atom. The number of thioether (sulfide) groups is 1. The molecule has 2 amide bonds. The topological polar surface area (TPSA) is 49.4 Å². The standard InChI is InChI=1S/C25H24N2O2S/c1-16-7-10-19(11-8-16)24(29)26-21-6-4-5-20(14-21)25-27(23(28)15-30-25)22-12-9-17(2)18(3)13-22/h4-14,25H,15H2,1-3H3,(H,26,29). The molecule has 1 saturated heterocycles. The quantitative estimate of drug-likeness (QED) is 0.598. The van der Waals surface area contributed by atoms with Crippen molar-refractivity contribution in [1.82, 2.24) is 0 Å². The minimum Gasteiger partial charge on any atom is -0.322 e. The molecule has 0 aliphatic carbocycles. The molecular formula is C25H24N2O2S. The number of amides is 2. The van der Waals surface area contributed by atoms with Gasteiger partial charge in [0.05, 0.1) is 5.75 Å². The lowest BCUT2D eigenvalue weighted by Gasteiger charge is -2.25. The zero-order valence-electron chi connectivity index (χ0n) is 17.3. The molecule has 30 heavy (non-hydrogen) atoms. The highest BCUT2D eigenvalue weighted by Crippen LogP contribution is 2.42. The maximum atomic E-state index is 12.7. The number of aryl methyl sites for hydroxylation is 3. The Balaban J connectivity index is 1.59. The van der Waals surface area contributed by atoms with E-state index in [0.29, 0.717) is 11.3 Å². The lowest BCUT2D eigenvalue weighted by molar-refractivity contribution is -0.115. The molecule has 1 aliphatic rings. The highest BCUT2D eigenvalue weighted by Gasteiger charge is 2.34. The fourth-order valence-corrected chi connectivity index (χ4v) is 4.67. The van der Waals surface area contributed by atoms with Crippen molar-refractivity contribution in [3.8, 4) is 0 Å². The SMILES string of the molecule is Cc1ccc(C(=O)Nc2cccc(C3SCC(=O)N3c3ccc(C)c(C)c3)c2)cc1. The van der Waals surface area contributed by atoms with E-state index >= 15 is 0 Å². The molecule has 0 radical (unpaired) electrons. The van der Waals surface area contributed by atoms with Crippen LogP contribution >= 0.6 is 11.8 Å². The summed E-state index contributed by atoms with van der Waals surface area (Å²) in [5.41, 5.74) is 6.72. The zero-order chi connectivity index (χ0) is 21.3. The third kappa shape index (κ3) is 4.12. The Kier molecular flexibility index (Phi) is 5.64. The Morgan fingerprint density at radius 2 is 1.73 bits per heavy atom. The average molecular weight is 417 g/mol. The molecule has 152 valence electrons. The molecule has 0 saturated carbocycles. The van der Waals surface area contributed by atoms with Gasteiger partial charge in [-0.05, 0) is 73.9 Å². The minimum absolute atomic E-state index is 0.0994. The number of hydrogen-bond acceptors (Lipinski definition) is 3. The van der Waals surface area contributed by atoms with Gasteiger partial charge >= 0.3 is 0 Å². The van der Waals surface area contributed by atoms with Crippen molar-refractivity contribution in [1.29, 1.82) is 0 Å². The highest BCUT2D eigenvalue weighted by molar-refractivity contribution is 8.00. The van der Waals surface area contributed by atoms with E-state index in [0.717, 1.165) is 28.1 Å². The van der Waals surface area contributed by atoms with Crippen LogP contribution in [0.5, 0.6) is 0 Å². The maximum Gasteiger partial charge on any atom is 0.255 e. The molecule has 5 heteroatoms. The summed E-state index contributed by atoms with van der Waals surface area (Å²) in [6.07, 6.45) is 0. The number of anilines is 2. The number of nitrogens with one attached hydrogen (secondary N) is 1. The van der Waals surface area contributed by atoms with Crippen LogP contribution in [0.15, 0.2) is 66.7 Å². The van der Waals surface area contributed by atoms with Gasteiger partial charge in [-0.2, -0.15) is 0 Å². The average Bonchev–Trinajstić information content (AvgIpc) is 3.12. The van der Waals surface area contributed by atoms with Gasteiger partial charge in [0, 0.05) is 16.9 Å².